The maximum Gasteiger partial charge on any atom is 0.244 e. The Kier molecular flexibility index (Phi) is 5.99. The molecular weight excluding hydrogens is 346 g/mol. The summed E-state index contributed by atoms with van der Waals surface area (Å²) in [5, 5.41) is 0. The smallest absolute Gasteiger partial charge is 0.244 e. The molecule has 1 aliphatic rings. The van der Waals surface area contributed by atoms with Gasteiger partial charge in [0.2, 0.25) is 10.0 Å². The zero-order valence-electron chi connectivity index (χ0n) is 15.5. The van der Waals surface area contributed by atoms with Crippen LogP contribution in [0.25, 0.3) is 0 Å². The Morgan fingerprint density at radius 1 is 1.08 bits per heavy atom. The minimum absolute atomic E-state index is 0.152. The van der Waals surface area contributed by atoms with E-state index in [4.69, 9.17) is 4.74 Å². The third-order valence-corrected chi connectivity index (χ3v) is 6.59. The second-order valence-corrected chi connectivity index (χ2v) is 8.71. The Balaban J connectivity index is 1.74. The van der Waals surface area contributed by atoms with Gasteiger partial charge in [0.15, 0.2) is 0 Å². The van der Waals surface area contributed by atoms with Gasteiger partial charge in [-0.2, -0.15) is 0 Å². The second-order valence-electron chi connectivity index (χ2n) is 7.03. The van der Waals surface area contributed by atoms with E-state index in [1.165, 1.54) is 18.2 Å². The van der Waals surface area contributed by atoms with Gasteiger partial charge in [-0.3, -0.25) is 0 Å². The molecule has 3 rings (SSSR count). The second kappa shape index (κ2) is 8.23. The maximum atomic E-state index is 12.9. The molecule has 5 heteroatoms. The summed E-state index contributed by atoms with van der Waals surface area (Å²) in [5.74, 6) is 0.438. The van der Waals surface area contributed by atoms with E-state index < -0.39 is 10.0 Å². The van der Waals surface area contributed by atoms with Gasteiger partial charge in [0.1, 0.15) is 10.6 Å². The summed E-state index contributed by atoms with van der Waals surface area (Å²) in [6.07, 6.45) is 5.78. The summed E-state index contributed by atoms with van der Waals surface area (Å²) in [5.41, 5.74) is 3.56. The number of hydrogen-bond acceptors (Lipinski definition) is 3. The third-order valence-electron chi connectivity index (χ3n) is 4.98. The Morgan fingerprint density at radius 2 is 1.73 bits per heavy atom. The number of nitrogens with one attached hydrogen (secondary N) is 1. The zero-order valence-corrected chi connectivity index (χ0v) is 16.3. The monoisotopic (exact) mass is 373 g/mol. The molecular formula is C21H27NO3S. The maximum absolute atomic E-state index is 12.9. The van der Waals surface area contributed by atoms with Gasteiger partial charge in [-0.25, -0.2) is 13.1 Å². The van der Waals surface area contributed by atoms with E-state index in [1.807, 2.05) is 31.2 Å². The zero-order chi connectivity index (χ0) is 18.6. The van der Waals surface area contributed by atoms with Crippen molar-refractivity contribution in [2.75, 3.05) is 7.11 Å². The number of aryl methyl sites for hydroxylation is 3. The average Bonchev–Trinajstić information content (AvgIpc) is 2.65. The Labute approximate surface area is 156 Å². The van der Waals surface area contributed by atoms with E-state index in [1.54, 1.807) is 6.07 Å². The lowest BCUT2D eigenvalue weighted by Crippen LogP contribution is -2.33. The van der Waals surface area contributed by atoms with Crippen LogP contribution < -0.4 is 9.46 Å². The molecule has 0 bridgehead atoms. The fraction of sp³-hybridized carbons (Fsp3) is 0.429. The highest BCUT2D eigenvalue weighted by Crippen LogP contribution is 2.32. The quantitative estimate of drug-likeness (QED) is 0.801. The van der Waals surface area contributed by atoms with E-state index in [2.05, 4.69) is 16.9 Å². The molecule has 4 nitrogen and oxygen atoms in total. The van der Waals surface area contributed by atoms with Crippen LogP contribution in [-0.4, -0.2) is 21.6 Å². The average molecular weight is 374 g/mol. The molecule has 2 aromatic carbocycles. The molecule has 1 aliphatic carbocycles. The molecule has 0 saturated carbocycles. The lowest BCUT2D eigenvalue weighted by atomic mass is 9.92. The minimum Gasteiger partial charge on any atom is -0.495 e. The highest BCUT2D eigenvalue weighted by atomic mass is 32.2. The normalized spacial score (nSPS) is 15.3. The first kappa shape index (κ1) is 18.9. The van der Waals surface area contributed by atoms with Gasteiger partial charge in [-0.1, -0.05) is 30.3 Å². The fourth-order valence-electron chi connectivity index (χ4n) is 3.53. The minimum atomic E-state index is -3.62. The molecule has 0 unspecified atom stereocenters. The first-order chi connectivity index (χ1) is 12.5. The van der Waals surface area contributed by atoms with Gasteiger partial charge in [-0.05, 0) is 74.3 Å². The predicted molar refractivity (Wildman–Crippen MR) is 104 cm³/mol. The summed E-state index contributed by atoms with van der Waals surface area (Å²) in [6, 6.07) is 13.7. The van der Waals surface area contributed by atoms with E-state index >= 15 is 0 Å². The number of rotatable bonds is 7. The molecule has 140 valence electrons. The van der Waals surface area contributed by atoms with Crippen molar-refractivity contribution < 1.29 is 13.2 Å². The SMILES string of the molecule is COc1cc2c(cc1S(=O)(=O)N[C@H](C)CCc1ccccc1)CCCC2. The van der Waals surface area contributed by atoms with Crippen LogP contribution in [0.15, 0.2) is 47.4 Å². The number of fused-ring (bicyclic) bond motifs is 1. The van der Waals surface area contributed by atoms with Gasteiger partial charge < -0.3 is 4.74 Å². The summed E-state index contributed by atoms with van der Waals surface area (Å²) >= 11 is 0. The summed E-state index contributed by atoms with van der Waals surface area (Å²) in [7, 11) is -2.08. The van der Waals surface area contributed by atoms with Crippen LogP contribution in [0.1, 0.15) is 42.9 Å². The Bertz CT molecular complexity index is 847. The van der Waals surface area contributed by atoms with Gasteiger partial charge >= 0.3 is 0 Å². The molecule has 0 spiro atoms. The lowest BCUT2D eigenvalue weighted by Gasteiger charge is -2.21. The summed E-state index contributed by atoms with van der Waals surface area (Å²) in [4.78, 5) is 0.257. The number of hydrogen-bond donors (Lipinski definition) is 1. The van der Waals surface area contributed by atoms with Crippen molar-refractivity contribution in [1.82, 2.24) is 4.72 Å². The standard InChI is InChI=1S/C21H27NO3S/c1-16(12-13-17-8-4-3-5-9-17)22-26(23,24)21-15-19-11-7-6-10-18(19)14-20(21)25-2/h3-5,8-9,14-16,22H,6-7,10-13H2,1-2H3/t16-/m1/s1. The number of methoxy groups -OCH3 is 1. The van der Waals surface area contributed by atoms with Crippen molar-refractivity contribution in [3.8, 4) is 5.75 Å². The van der Waals surface area contributed by atoms with Crippen molar-refractivity contribution in [3.05, 3.63) is 59.2 Å². The van der Waals surface area contributed by atoms with Crippen molar-refractivity contribution in [3.63, 3.8) is 0 Å². The van der Waals surface area contributed by atoms with Gasteiger partial charge in [0.05, 0.1) is 7.11 Å². The molecule has 26 heavy (non-hydrogen) atoms. The van der Waals surface area contributed by atoms with Crippen molar-refractivity contribution >= 4 is 10.0 Å². The van der Waals surface area contributed by atoms with Crippen LogP contribution in [0.4, 0.5) is 0 Å². The largest absolute Gasteiger partial charge is 0.495 e. The molecule has 0 fully saturated rings. The number of benzene rings is 2. The molecule has 0 radical (unpaired) electrons. The topological polar surface area (TPSA) is 55.4 Å². The third kappa shape index (κ3) is 4.46. The van der Waals surface area contributed by atoms with Crippen LogP contribution in [0, 0.1) is 0 Å². The highest BCUT2D eigenvalue weighted by Gasteiger charge is 2.24. The van der Waals surface area contributed by atoms with E-state index in [9.17, 15) is 8.42 Å². The van der Waals surface area contributed by atoms with Gasteiger partial charge in [0.25, 0.3) is 0 Å². The van der Waals surface area contributed by atoms with Crippen LogP contribution in [0.2, 0.25) is 0 Å². The van der Waals surface area contributed by atoms with Crippen LogP contribution in [-0.2, 0) is 29.3 Å². The Morgan fingerprint density at radius 3 is 2.38 bits per heavy atom. The Hall–Kier alpha value is -1.85. The molecule has 0 aromatic heterocycles. The highest BCUT2D eigenvalue weighted by molar-refractivity contribution is 7.89. The number of ether oxygens (including phenoxy) is 1. The van der Waals surface area contributed by atoms with Crippen molar-refractivity contribution in [1.29, 1.82) is 0 Å². The van der Waals surface area contributed by atoms with Crippen LogP contribution >= 0.6 is 0 Å². The molecule has 0 heterocycles. The lowest BCUT2D eigenvalue weighted by molar-refractivity contribution is 0.400. The fourth-order valence-corrected chi connectivity index (χ4v) is 5.00. The van der Waals surface area contributed by atoms with Crippen LogP contribution in [0.3, 0.4) is 0 Å². The van der Waals surface area contributed by atoms with Gasteiger partial charge in [-0.15, -0.1) is 0 Å². The molecule has 0 amide bonds. The van der Waals surface area contributed by atoms with Gasteiger partial charge in [0, 0.05) is 6.04 Å². The summed E-state index contributed by atoms with van der Waals surface area (Å²) in [6.45, 7) is 1.91. The molecule has 0 saturated heterocycles. The van der Waals surface area contributed by atoms with E-state index in [0.717, 1.165) is 44.1 Å². The molecule has 1 N–H and O–H groups in total. The first-order valence-electron chi connectivity index (χ1n) is 9.25. The first-order valence-corrected chi connectivity index (χ1v) is 10.7. The molecule has 2 aromatic rings. The number of sulfonamides is 1. The predicted octanol–water partition coefficient (Wildman–Crippen LogP) is 3.87. The van der Waals surface area contributed by atoms with E-state index in [-0.39, 0.29) is 10.9 Å². The van der Waals surface area contributed by atoms with Crippen LogP contribution in [0.5, 0.6) is 5.75 Å². The molecule has 1 atom stereocenters. The molecule has 0 aliphatic heterocycles. The summed E-state index contributed by atoms with van der Waals surface area (Å²) < 4.78 is 34.1. The van der Waals surface area contributed by atoms with Crippen molar-refractivity contribution in [2.45, 2.75) is 56.4 Å². The van der Waals surface area contributed by atoms with Crippen molar-refractivity contribution in [2.24, 2.45) is 0 Å². The van der Waals surface area contributed by atoms with E-state index in [0.29, 0.717) is 5.75 Å².